The third-order valence-corrected chi connectivity index (χ3v) is 7.59. The smallest absolute Gasteiger partial charge is 0.152 e. The van der Waals surface area contributed by atoms with Gasteiger partial charge in [0.25, 0.3) is 0 Å². The summed E-state index contributed by atoms with van der Waals surface area (Å²) >= 11 is 3.65. The molecule has 4 aromatic rings. The van der Waals surface area contributed by atoms with Crippen molar-refractivity contribution in [3.05, 3.63) is 45.7 Å². The molecular weight excluding hydrogens is 519 g/mol. The molecule has 6 nitrogen and oxygen atoms in total. The number of rotatable bonds is 5. The van der Waals surface area contributed by atoms with Crippen molar-refractivity contribution in [2.24, 2.45) is 0 Å². The molecule has 0 saturated carbocycles. The van der Waals surface area contributed by atoms with E-state index in [1.165, 1.54) is 6.20 Å². The van der Waals surface area contributed by atoms with E-state index in [1.54, 1.807) is 0 Å². The number of H-pyrrole nitrogens is 2. The number of hydrogen-bond donors (Lipinski definition) is 2. The van der Waals surface area contributed by atoms with Gasteiger partial charge in [0.1, 0.15) is 22.9 Å². The first-order chi connectivity index (χ1) is 16.4. The molecule has 4 heterocycles. The molecule has 4 aromatic heterocycles. The summed E-state index contributed by atoms with van der Waals surface area (Å²) in [5.74, 6) is 1.20. The van der Waals surface area contributed by atoms with Crippen LogP contribution < -0.4 is 0 Å². The van der Waals surface area contributed by atoms with Crippen LogP contribution in [-0.4, -0.2) is 29.9 Å². The predicted molar refractivity (Wildman–Crippen MR) is 148 cm³/mol. The molecule has 0 unspecified atom stereocenters. The highest BCUT2D eigenvalue weighted by atomic mass is 79.9. The highest BCUT2D eigenvalue weighted by Crippen LogP contribution is 2.40. The van der Waals surface area contributed by atoms with E-state index in [1.807, 2.05) is 6.20 Å². The fraction of sp³-hybridized carbons (Fsp3) is 0.571. The Morgan fingerprint density at radius 3 is 1.81 bits per heavy atom. The van der Waals surface area contributed by atoms with E-state index in [-0.39, 0.29) is 22.1 Å². The van der Waals surface area contributed by atoms with E-state index in [0.717, 1.165) is 45.6 Å². The van der Waals surface area contributed by atoms with Crippen molar-refractivity contribution in [2.45, 2.75) is 104 Å². The summed E-state index contributed by atoms with van der Waals surface area (Å²) in [5.41, 5.74) is 2.06. The predicted octanol–water partition coefficient (Wildman–Crippen LogP) is 7.76. The van der Waals surface area contributed by atoms with Crippen LogP contribution in [0.25, 0.3) is 22.1 Å². The van der Waals surface area contributed by atoms with Crippen LogP contribution in [0.4, 0.5) is 4.39 Å². The maximum Gasteiger partial charge on any atom is 0.152 e. The van der Waals surface area contributed by atoms with Crippen molar-refractivity contribution in [3.8, 4) is 0 Å². The monoisotopic (exact) mass is 556 g/mol. The number of halogens is 2. The van der Waals surface area contributed by atoms with Crippen LogP contribution >= 0.6 is 15.9 Å². The van der Waals surface area contributed by atoms with Gasteiger partial charge in [-0.05, 0) is 28.8 Å². The standard InChI is InChI=1S/C28H38BrFN6/c1-25(2,3)19-17-15(29)13-31-21(17)36-24(33-19)28(9,10)12-11-27(7,8)20-18-16(30)14-32-22(18)35-23(34-20)26(4,5)6/h13-14H,11-12H2,1-10H3,(H,31,33,36)(H,32,34,35). The molecule has 0 amide bonds. The van der Waals surface area contributed by atoms with Crippen LogP contribution in [0, 0.1) is 5.82 Å². The summed E-state index contributed by atoms with van der Waals surface area (Å²) in [7, 11) is 0. The molecule has 0 spiro atoms. The van der Waals surface area contributed by atoms with Crippen LogP contribution in [0.15, 0.2) is 16.9 Å². The van der Waals surface area contributed by atoms with E-state index >= 15 is 0 Å². The maximum absolute atomic E-state index is 14.9. The molecule has 0 atom stereocenters. The second kappa shape index (κ2) is 8.61. The normalized spacial score (nSPS) is 13.8. The molecule has 36 heavy (non-hydrogen) atoms. The van der Waals surface area contributed by atoms with Crippen LogP contribution in [0.3, 0.4) is 0 Å². The minimum Gasteiger partial charge on any atom is -0.345 e. The van der Waals surface area contributed by atoms with Gasteiger partial charge in [-0.25, -0.2) is 24.3 Å². The van der Waals surface area contributed by atoms with E-state index in [2.05, 4.69) is 100 Å². The van der Waals surface area contributed by atoms with Crippen LogP contribution in [0.2, 0.25) is 0 Å². The molecule has 0 saturated heterocycles. The quantitative estimate of drug-likeness (QED) is 0.263. The lowest BCUT2D eigenvalue weighted by molar-refractivity contribution is 0.355. The van der Waals surface area contributed by atoms with Gasteiger partial charge in [-0.1, -0.05) is 69.2 Å². The summed E-state index contributed by atoms with van der Waals surface area (Å²) < 4.78 is 15.8. The van der Waals surface area contributed by atoms with Crippen molar-refractivity contribution in [1.82, 2.24) is 29.9 Å². The van der Waals surface area contributed by atoms with E-state index in [0.29, 0.717) is 16.9 Å². The van der Waals surface area contributed by atoms with Crippen molar-refractivity contribution >= 4 is 38.0 Å². The number of aromatic amines is 2. The van der Waals surface area contributed by atoms with Gasteiger partial charge in [-0.2, -0.15) is 0 Å². The minimum atomic E-state index is -0.395. The third-order valence-electron chi connectivity index (χ3n) is 6.97. The molecule has 8 heteroatoms. The summed E-state index contributed by atoms with van der Waals surface area (Å²) in [6.07, 6.45) is 4.88. The lowest BCUT2D eigenvalue weighted by Gasteiger charge is -2.32. The van der Waals surface area contributed by atoms with Gasteiger partial charge in [0, 0.05) is 38.5 Å². The maximum atomic E-state index is 14.9. The first-order valence-electron chi connectivity index (χ1n) is 12.5. The zero-order chi connectivity index (χ0) is 26.8. The lowest BCUT2D eigenvalue weighted by Crippen LogP contribution is -2.29. The molecular formula is C28H38BrFN6. The summed E-state index contributed by atoms with van der Waals surface area (Å²) in [4.78, 5) is 25.9. The first kappa shape index (κ1) is 26.7. The van der Waals surface area contributed by atoms with Crippen molar-refractivity contribution < 1.29 is 4.39 Å². The Hall–Kier alpha value is -2.35. The second-order valence-corrected chi connectivity index (χ2v) is 14.1. The van der Waals surface area contributed by atoms with Crippen LogP contribution in [0.1, 0.15) is 105 Å². The van der Waals surface area contributed by atoms with Gasteiger partial charge in [0.15, 0.2) is 5.82 Å². The molecule has 0 bridgehead atoms. The van der Waals surface area contributed by atoms with Crippen molar-refractivity contribution in [3.63, 3.8) is 0 Å². The molecule has 0 aliphatic heterocycles. The molecule has 0 fully saturated rings. The van der Waals surface area contributed by atoms with Gasteiger partial charge >= 0.3 is 0 Å². The zero-order valence-electron chi connectivity index (χ0n) is 23.1. The molecule has 4 rings (SSSR count). The Labute approximate surface area is 221 Å². The molecule has 194 valence electrons. The number of nitrogens with zero attached hydrogens (tertiary/aromatic N) is 4. The SMILES string of the molecule is CC(C)(C)c1nc(C(C)(C)CCC(C)(C)c2nc(C(C)(C)C)c3c(Br)c[nH]c3n2)c2c(F)c[nH]c2n1. The summed E-state index contributed by atoms with van der Waals surface area (Å²) in [6.45, 7) is 21.4. The molecule has 0 aliphatic carbocycles. The van der Waals surface area contributed by atoms with Gasteiger partial charge in [0.05, 0.1) is 22.2 Å². The number of hydrogen-bond acceptors (Lipinski definition) is 4. The Morgan fingerprint density at radius 1 is 0.667 bits per heavy atom. The van der Waals surface area contributed by atoms with Gasteiger partial charge < -0.3 is 9.97 Å². The molecule has 0 aromatic carbocycles. The fourth-order valence-electron chi connectivity index (χ4n) is 4.52. The highest BCUT2D eigenvalue weighted by molar-refractivity contribution is 9.10. The van der Waals surface area contributed by atoms with Crippen LogP contribution in [-0.2, 0) is 21.7 Å². The van der Waals surface area contributed by atoms with Gasteiger partial charge in [-0.15, -0.1) is 0 Å². The number of fused-ring (bicyclic) bond motifs is 2. The van der Waals surface area contributed by atoms with Gasteiger partial charge in [0.2, 0.25) is 0 Å². The van der Waals surface area contributed by atoms with Gasteiger partial charge in [-0.3, -0.25) is 0 Å². The third kappa shape index (κ3) is 4.81. The summed E-state index contributed by atoms with van der Waals surface area (Å²) in [5, 5.41) is 1.51. The largest absolute Gasteiger partial charge is 0.345 e. The topological polar surface area (TPSA) is 83.1 Å². The fourth-order valence-corrected chi connectivity index (χ4v) is 5.01. The molecule has 0 radical (unpaired) electrons. The average Bonchev–Trinajstić information content (AvgIpc) is 3.33. The second-order valence-electron chi connectivity index (χ2n) is 13.3. The van der Waals surface area contributed by atoms with Crippen LogP contribution in [0.5, 0.6) is 0 Å². The zero-order valence-corrected chi connectivity index (χ0v) is 24.7. The molecule has 0 aliphatic rings. The lowest BCUT2D eigenvalue weighted by atomic mass is 9.75. The first-order valence-corrected chi connectivity index (χ1v) is 13.3. The Morgan fingerprint density at radius 2 is 1.19 bits per heavy atom. The number of aromatic nitrogens is 6. The Balaban J connectivity index is 1.73. The average molecular weight is 558 g/mol. The van der Waals surface area contributed by atoms with E-state index in [4.69, 9.17) is 15.0 Å². The Kier molecular flexibility index (Phi) is 6.38. The van der Waals surface area contributed by atoms with E-state index in [9.17, 15) is 4.39 Å². The minimum absolute atomic E-state index is 0.141. The molecule has 2 N–H and O–H groups in total. The summed E-state index contributed by atoms with van der Waals surface area (Å²) in [6, 6.07) is 0. The highest BCUT2D eigenvalue weighted by Gasteiger charge is 2.35. The van der Waals surface area contributed by atoms with E-state index < -0.39 is 5.41 Å². The Bertz CT molecular complexity index is 1430. The number of nitrogens with one attached hydrogen (secondary N) is 2. The van der Waals surface area contributed by atoms with Crippen molar-refractivity contribution in [1.29, 1.82) is 0 Å². The van der Waals surface area contributed by atoms with Crippen molar-refractivity contribution in [2.75, 3.05) is 0 Å².